The van der Waals surface area contributed by atoms with Crippen LogP contribution in [0.25, 0.3) is 0 Å². The Bertz CT molecular complexity index is 328. The molecular formula is C14H19ClO2. The van der Waals surface area contributed by atoms with E-state index in [1.807, 2.05) is 18.2 Å². The summed E-state index contributed by atoms with van der Waals surface area (Å²) in [5.41, 5.74) is 1.19. The zero-order chi connectivity index (χ0) is 12.1. The van der Waals surface area contributed by atoms with Crippen molar-refractivity contribution < 1.29 is 9.47 Å². The van der Waals surface area contributed by atoms with E-state index in [2.05, 4.69) is 19.1 Å². The molecule has 2 rings (SSSR count). The lowest BCUT2D eigenvalue weighted by atomic mass is 9.91. The Hall–Kier alpha value is -0.570. The van der Waals surface area contributed by atoms with Gasteiger partial charge in [-0.1, -0.05) is 37.3 Å². The minimum Gasteiger partial charge on any atom is -0.374 e. The summed E-state index contributed by atoms with van der Waals surface area (Å²) in [6.45, 7) is 3.50. The minimum absolute atomic E-state index is 0.0697. The van der Waals surface area contributed by atoms with Crippen molar-refractivity contribution in [2.45, 2.75) is 44.0 Å². The molecule has 0 spiro atoms. The lowest BCUT2D eigenvalue weighted by molar-refractivity contribution is -0.129. The molecule has 0 radical (unpaired) electrons. The van der Waals surface area contributed by atoms with Crippen molar-refractivity contribution in [2.75, 3.05) is 6.61 Å². The van der Waals surface area contributed by atoms with Gasteiger partial charge in [0.1, 0.15) is 6.10 Å². The van der Waals surface area contributed by atoms with Gasteiger partial charge in [-0.05, 0) is 18.4 Å². The molecule has 2 nitrogen and oxygen atoms in total. The van der Waals surface area contributed by atoms with Crippen molar-refractivity contribution in [3.8, 4) is 0 Å². The van der Waals surface area contributed by atoms with Gasteiger partial charge >= 0.3 is 0 Å². The van der Waals surface area contributed by atoms with E-state index in [1.165, 1.54) is 5.56 Å². The molecule has 0 amide bonds. The summed E-state index contributed by atoms with van der Waals surface area (Å²) in [6.07, 6.45) is 2.14. The maximum Gasteiger partial charge on any atom is 0.100 e. The lowest BCUT2D eigenvalue weighted by Crippen LogP contribution is -2.51. The van der Waals surface area contributed by atoms with Gasteiger partial charge in [-0.25, -0.2) is 0 Å². The van der Waals surface area contributed by atoms with Crippen LogP contribution in [0.15, 0.2) is 30.3 Å². The Labute approximate surface area is 108 Å². The molecule has 1 fully saturated rings. The van der Waals surface area contributed by atoms with Crippen molar-refractivity contribution in [1.29, 1.82) is 0 Å². The molecular weight excluding hydrogens is 236 g/mol. The number of hydrogen-bond donors (Lipinski definition) is 0. The van der Waals surface area contributed by atoms with E-state index < -0.39 is 0 Å². The fraction of sp³-hybridized carbons (Fsp3) is 0.571. The van der Waals surface area contributed by atoms with E-state index in [-0.39, 0.29) is 17.6 Å². The molecule has 3 unspecified atom stereocenters. The van der Waals surface area contributed by atoms with Crippen LogP contribution in [-0.4, -0.2) is 24.2 Å². The molecule has 3 heteroatoms. The molecule has 0 aromatic heterocycles. The topological polar surface area (TPSA) is 18.5 Å². The molecule has 0 bridgehead atoms. The van der Waals surface area contributed by atoms with Crippen molar-refractivity contribution in [2.24, 2.45) is 0 Å². The van der Waals surface area contributed by atoms with Gasteiger partial charge in [-0.3, -0.25) is 0 Å². The Morgan fingerprint density at radius 1 is 1.24 bits per heavy atom. The third-order valence-electron chi connectivity index (χ3n) is 3.00. The maximum absolute atomic E-state index is 6.12. The highest BCUT2D eigenvalue weighted by Gasteiger charge is 2.41. The second-order valence-electron chi connectivity index (χ2n) is 4.42. The molecule has 17 heavy (non-hydrogen) atoms. The second-order valence-corrected chi connectivity index (χ2v) is 4.98. The normalized spacial score (nSPS) is 27.8. The highest BCUT2D eigenvalue weighted by Crippen LogP contribution is 2.32. The first-order chi connectivity index (χ1) is 8.31. The van der Waals surface area contributed by atoms with Crippen LogP contribution in [0.5, 0.6) is 0 Å². The Morgan fingerprint density at radius 3 is 2.65 bits per heavy atom. The molecule has 0 saturated heterocycles. The van der Waals surface area contributed by atoms with E-state index in [9.17, 15) is 0 Å². The molecule has 0 N–H and O–H groups in total. The molecule has 1 aliphatic carbocycles. The maximum atomic E-state index is 6.12. The van der Waals surface area contributed by atoms with E-state index in [0.717, 1.165) is 19.4 Å². The van der Waals surface area contributed by atoms with Gasteiger partial charge in [-0.2, -0.15) is 0 Å². The van der Waals surface area contributed by atoms with Crippen molar-refractivity contribution in [3.63, 3.8) is 0 Å². The fourth-order valence-corrected chi connectivity index (χ4v) is 2.34. The molecule has 3 atom stereocenters. The first-order valence-electron chi connectivity index (χ1n) is 6.22. The van der Waals surface area contributed by atoms with E-state index >= 15 is 0 Å². The summed E-state index contributed by atoms with van der Waals surface area (Å²) >= 11 is 6.12. The molecule has 1 aromatic rings. The number of hydrogen-bond acceptors (Lipinski definition) is 2. The van der Waals surface area contributed by atoms with Crippen LogP contribution >= 0.6 is 11.6 Å². The number of alkyl halides is 1. The monoisotopic (exact) mass is 254 g/mol. The van der Waals surface area contributed by atoms with Gasteiger partial charge in [0.25, 0.3) is 0 Å². The zero-order valence-corrected chi connectivity index (χ0v) is 10.9. The number of rotatable bonds is 6. The lowest BCUT2D eigenvalue weighted by Gasteiger charge is -2.40. The average molecular weight is 255 g/mol. The molecule has 0 heterocycles. The van der Waals surface area contributed by atoms with Crippen LogP contribution in [0, 0.1) is 0 Å². The Morgan fingerprint density at radius 2 is 2.00 bits per heavy atom. The molecule has 1 aliphatic rings. The van der Waals surface area contributed by atoms with Crippen LogP contribution in [0.2, 0.25) is 0 Å². The first kappa shape index (κ1) is 12.9. The minimum atomic E-state index is 0.0697. The smallest absolute Gasteiger partial charge is 0.100 e. The van der Waals surface area contributed by atoms with Gasteiger partial charge in [0.2, 0.25) is 0 Å². The van der Waals surface area contributed by atoms with Gasteiger partial charge in [0, 0.05) is 6.61 Å². The second kappa shape index (κ2) is 6.39. The number of ether oxygens (including phenoxy) is 2. The summed E-state index contributed by atoms with van der Waals surface area (Å²) in [6, 6.07) is 10.2. The highest BCUT2D eigenvalue weighted by molar-refractivity contribution is 6.21. The van der Waals surface area contributed by atoms with Crippen LogP contribution in [-0.2, 0) is 16.1 Å². The van der Waals surface area contributed by atoms with Crippen LogP contribution in [0.3, 0.4) is 0 Å². The standard InChI is InChI=1S/C14H19ClO2/c1-2-8-16-14-12(15)9-13(14)17-10-11-6-4-3-5-7-11/h3-7,12-14H,2,8-10H2,1H3. The van der Waals surface area contributed by atoms with E-state index in [0.29, 0.717) is 6.61 Å². The van der Waals surface area contributed by atoms with Crippen LogP contribution in [0.1, 0.15) is 25.3 Å². The van der Waals surface area contributed by atoms with E-state index in [4.69, 9.17) is 21.1 Å². The number of benzene rings is 1. The average Bonchev–Trinajstić information content (AvgIpc) is 2.36. The van der Waals surface area contributed by atoms with Gasteiger partial charge in [0.15, 0.2) is 0 Å². The predicted molar refractivity (Wildman–Crippen MR) is 69.3 cm³/mol. The number of halogens is 1. The third kappa shape index (κ3) is 3.44. The van der Waals surface area contributed by atoms with Crippen molar-refractivity contribution in [3.05, 3.63) is 35.9 Å². The predicted octanol–water partition coefficient (Wildman–Crippen LogP) is 3.38. The summed E-state index contributed by atoms with van der Waals surface area (Å²) in [7, 11) is 0. The third-order valence-corrected chi connectivity index (χ3v) is 3.43. The largest absolute Gasteiger partial charge is 0.374 e. The molecule has 94 valence electrons. The Balaban J connectivity index is 1.76. The SMILES string of the molecule is CCCOC1C(Cl)CC1OCc1ccccc1. The first-order valence-corrected chi connectivity index (χ1v) is 6.66. The molecule has 1 saturated carbocycles. The fourth-order valence-electron chi connectivity index (χ4n) is 1.93. The van der Waals surface area contributed by atoms with E-state index in [1.54, 1.807) is 0 Å². The quantitative estimate of drug-likeness (QED) is 0.725. The van der Waals surface area contributed by atoms with Crippen LogP contribution < -0.4 is 0 Å². The highest BCUT2D eigenvalue weighted by atomic mass is 35.5. The molecule has 1 aromatic carbocycles. The van der Waals surface area contributed by atoms with Crippen molar-refractivity contribution >= 4 is 11.6 Å². The summed E-state index contributed by atoms with van der Waals surface area (Å²) < 4.78 is 11.5. The zero-order valence-electron chi connectivity index (χ0n) is 10.1. The summed E-state index contributed by atoms with van der Waals surface area (Å²) in [4.78, 5) is 0. The summed E-state index contributed by atoms with van der Waals surface area (Å²) in [5, 5.41) is 0.113. The van der Waals surface area contributed by atoms with Gasteiger partial charge < -0.3 is 9.47 Å². The molecule has 0 aliphatic heterocycles. The Kier molecular flexibility index (Phi) is 4.84. The summed E-state index contributed by atoms with van der Waals surface area (Å²) in [5.74, 6) is 0. The van der Waals surface area contributed by atoms with Crippen LogP contribution in [0.4, 0.5) is 0 Å². The van der Waals surface area contributed by atoms with Gasteiger partial charge in [0.05, 0.1) is 18.1 Å². The van der Waals surface area contributed by atoms with Crippen molar-refractivity contribution in [1.82, 2.24) is 0 Å². The van der Waals surface area contributed by atoms with Gasteiger partial charge in [-0.15, -0.1) is 11.6 Å².